The van der Waals surface area contributed by atoms with Gasteiger partial charge in [-0.1, -0.05) is 24.3 Å². The van der Waals surface area contributed by atoms with Crippen molar-refractivity contribution in [1.82, 2.24) is 14.3 Å². The fraction of sp³-hybridized carbons (Fsp3) is 0.381. The van der Waals surface area contributed by atoms with Crippen LogP contribution in [-0.2, 0) is 37.8 Å². The summed E-state index contributed by atoms with van der Waals surface area (Å²) >= 11 is 0. The van der Waals surface area contributed by atoms with Crippen LogP contribution in [0.5, 0.6) is 5.75 Å². The zero-order valence-electron chi connectivity index (χ0n) is 17.9. The van der Waals surface area contributed by atoms with Gasteiger partial charge >= 0.3 is 0 Å². The molecule has 1 amide bonds. The smallest absolute Gasteiger partial charge is 0.240 e. The molecule has 1 aliphatic heterocycles. The van der Waals surface area contributed by atoms with Crippen molar-refractivity contribution in [1.29, 1.82) is 0 Å². The van der Waals surface area contributed by atoms with E-state index in [0.717, 1.165) is 11.1 Å². The molecule has 2 aromatic rings. The van der Waals surface area contributed by atoms with Crippen LogP contribution in [0, 0.1) is 0 Å². The summed E-state index contributed by atoms with van der Waals surface area (Å²) in [4.78, 5) is 12.9. The van der Waals surface area contributed by atoms with Crippen molar-refractivity contribution in [3.8, 4) is 5.75 Å². The van der Waals surface area contributed by atoms with Gasteiger partial charge in [-0.3, -0.25) is 4.79 Å². The SMILES string of the molecule is CCS(=O)(=O)N1Cc2ccccc2CC1C(=O)NCCNS(=O)(=O)c1ccc(OC)cc1. The number of rotatable bonds is 9. The molecule has 9 nitrogen and oxygen atoms in total. The number of fused-ring (bicyclic) bond motifs is 1. The average molecular weight is 482 g/mol. The molecule has 11 heteroatoms. The molecule has 0 spiro atoms. The van der Waals surface area contributed by atoms with Crippen molar-refractivity contribution in [3.63, 3.8) is 0 Å². The molecule has 1 unspecified atom stereocenters. The van der Waals surface area contributed by atoms with Crippen molar-refractivity contribution in [2.75, 3.05) is 26.0 Å². The third-order valence-corrected chi connectivity index (χ3v) is 8.62. The minimum absolute atomic E-state index is 0.0202. The first-order chi connectivity index (χ1) is 15.2. The predicted octanol–water partition coefficient (Wildman–Crippen LogP) is 0.866. The van der Waals surface area contributed by atoms with Crippen LogP contribution in [0.25, 0.3) is 0 Å². The van der Waals surface area contributed by atoms with E-state index in [0.29, 0.717) is 5.75 Å². The maximum absolute atomic E-state index is 12.8. The van der Waals surface area contributed by atoms with E-state index in [4.69, 9.17) is 4.74 Å². The summed E-state index contributed by atoms with van der Waals surface area (Å²) in [5, 5.41) is 2.66. The monoisotopic (exact) mass is 481 g/mol. The summed E-state index contributed by atoms with van der Waals surface area (Å²) in [6.07, 6.45) is 0.263. The Morgan fingerprint density at radius 1 is 1.03 bits per heavy atom. The molecule has 3 rings (SSSR count). The van der Waals surface area contributed by atoms with Gasteiger partial charge in [0.15, 0.2) is 0 Å². The zero-order valence-corrected chi connectivity index (χ0v) is 19.6. The molecule has 32 heavy (non-hydrogen) atoms. The largest absolute Gasteiger partial charge is 0.497 e. The third-order valence-electron chi connectivity index (χ3n) is 5.32. The highest BCUT2D eigenvalue weighted by atomic mass is 32.2. The molecule has 2 aromatic carbocycles. The van der Waals surface area contributed by atoms with Gasteiger partial charge in [0.2, 0.25) is 26.0 Å². The first-order valence-corrected chi connectivity index (χ1v) is 13.2. The number of carbonyl (C=O) groups excluding carboxylic acids is 1. The number of carbonyl (C=O) groups is 1. The van der Waals surface area contributed by atoms with Crippen molar-refractivity contribution in [2.24, 2.45) is 0 Å². The number of nitrogens with one attached hydrogen (secondary N) is 2. The van der Waals surface area contributed by atoms with Gasteiger partial charge in [0, 0.05) is 19.6 Å². The van der Waals surface area contributed by atoms with E-state index in [-0.39, 0.29) is 36.7 Å². The molecule has 1 aliphatic rings. The zero-order chi connectivity index (χ0) is 23.4. The molecule has 1 heterocycles. The van der Waals surface area contributed by atoms with Crippen LogP contribution in [-0.4, -0.2) is 59.0 Å². The summed E-state index contributed by atoms with van der Waals surface area (Å²) in [6.45, 7) is 1.66. The summed E-state index contributed by atoms with van der Waals surface area (Å²) in [5.41, 5.74) is 1.80. The molecule has 1 atom stereocenters. The number of amides is 1. The van der Waals surface area contributed by atoms with Gasteiger partial charge in [0.1, 0.15) is 11.8 Å². The van der Waals surface area contributed by atoms with Crippen LogP contribution >= 0.6 is 0 Å². The fourth-order valence-corrected chi connectivity index (χ4v) is 5.76. The maximum atomic E-state index is 12.8. The van der Waals surface area contributed by atoms with Crippen molar-refractivity contribution in [2.45, 2.75) is 30.8 Å². The number of benzene rings is 2. The second-order valence-electron chi connectivity index (χ2n) is 7.30. The highest BCUT2D eigenvalue weighted by molar-refractivity contribution is 7.89. The maximum Gasteiger partial charge on any atom is 0.240 e. The van der Waals surface area contributed by atoms with Gasteiger partial charge in [-0.25, -0.2) is 21.6 Å². The Morgan fingerprint density at radius 3 is 2.31 bits per heavy atom. The molecular weight excluding hydrogens is 454 g/mol. The van der Waals surface area contributed by atoms with Crippen LogP contribution in [0.2, 0.25) is 0 Å². The van der Waals surface area contributed by atoms with Crippen molar-refractivity contribution in [3.05, 3.63) is 59.7 Å². The molecule has 0 saturated carbocycles. The van der Waals surface area contributed by atoms with Crippen molar-refractivity contribution >= 4 is 26.0 Å². The van der Waals surface area contributed by atoms with E-state index in [1.165, 1.54) is 23.5 Å². The molecular formula is C21H27N3O6S2. The van der Waals surface area contributed by atoms with E-state index in [1.807, 2.05) is 24.3 Å². The molecule has 174 valence electrons. The van der Waals surface area contributed by atoms with Gasteiger partial charge in [-0.05, 0) is 48.7 Å². The number of hydrogen-bond donors (Lipinski definition) is 2. The van der Waals surface area contributed by atoms with Crippen molar-refractivity contribution < 1.29 is 26.4 Å². The lowest BCUT2D eigenvalue weighted by Gasteiger charge is -2.34. The molecule has 0 radical (unpaired) electrons. The van der Waals surface area contributed by atoms with E-state index in [9.17, 15) is 21.6 Å². The van der Waals surface area contributed by atoms with E-state index in [1.54, 1.807) is 19.1 Å². The Labute approximate surface area is 188 Å². The Bertz CT molecular complexity index is 1160. The first kappa shape index (κ1) is 24.2. The van der Waals surface area contributed by atoms with E-state index < -0.39 is 32.0 Å². The summed E-state index contributed by atoms with van der Waals surface area (Å²) in [7, 11) is -5.86. The Balaban J connectivity index is 1.62. The topological polar surface area (TPSA) is 122 Å². The lowest BCUT2D eigenvalue weighted by atomic mass is 9.95. The second-order valence-corrected chi connectivity index (χ2v) is 11.3. The Kier molecular flexibility index (Phi) is 7.55. The lowest BCUT2D eigenvalue weighted by molar-refractivity contribution is -0.125. The minimum Gasteiger partial charge on any atom is -0.497 e. The van der Waals surface area contributed by atoms with Crippen LogP contribution in [0.3, 0.4) is 0 Å². The minimum atomic E-state index is -3.75. The normalized spacial score (nSPS) is 16.9. The summed E-state index contributed by atoms with van der Waals surface area (Å²) in [5.74, 6) is -0.0299. The highest BCUT2D eigenvalue weighted by Gasteiger charge is 2.37. The van der Waals surface area contributed by atoms with Crippen LogP contribution in [0.4, 0.5) is 0 Å². The quantitative estimate of drug-likeness (QED) is 0.513. The number of nitrogens with zero attached hydrogens (tertiary/aromatic N) is 1. The van der Waals surface area contributed by atoms with Gasteiger partial charge in [-0.15, -0.1) is 0 Å². The molecule has 0 aromatic heterocycles. The summed E-state index contributed by atoms with van der Waals surface area (Å²) < 4.78 is 58.6. The standard InChI is InChI=1S/C21H27N3O6S2/c1-3-31(26,27)24-15-17-7-5-4-6-16(17)14-20(24)21(25)22-12-13-23-32(28,29)19-10-8-18(30-2)9-11-19/h4-11,20,23H,3,12-15H2,1-2H3,(H,22,25). The van der Waals surface area contributed by atoms with E-state index >= 15 is 0 Å². The summed E-state index contributed by atoms with van der Waals surface area (Å²) in [6, 6.07) is 12.5. The highest BCUT2D eigenvalue weighted by Crippen LogP contribution is 2.26. The van der Waals surface area contributed by atoms with Gasteiger partial charge < -0.3 is 10.1 Å². The number of methoxy groups -OCH3 is 1. The average Bonchev–Trinajstić information content (AvgIpc) is 2.80. The predicted molar refractivity (Wildman–Crippen MR) is 120 cm³/mol. The lowest BCUT2D eigenvalue weighted by Crippen LogP contribution is -2.53. The third kappa shape index (κ3) is 5.47. The van der Waals surface area contributed by atoms with Gasteiger partial charge in [0.25, 0.3) is 0 Å². The van der Waals surface area contributed by atoms with Crippen LogP contribution in [0.1, 0.15) is 18.1 Å². The van der Waals surface area contributed by atoms with Gasteiger partial charge in [-0.2, -0.15) is 4.31 Å². The number of ether oxygens (including phenoxy) is 1. The molecule has 0 aliphatic carbocycles. The fourth-order valence-electron chi connectivity index (χ4n) is 3.51. The van der Waals surface area contributed by atoms with Crippen LogP contribution < -0.4 is 14.8 Å². The number of sulfonamides is 2. The molecule has 2 N–H and O–H groups in total. The second kappa shape index (κ2) is 9.99. The molecule has 0 saturated heterocycles. The Morgan fingerprint density at radius 2 is 1.69 bits per heavy atom. The first-order valence-electron chi connectivity index (χ1n) is 10.2. The molecule has 0 bridgehead atoms. The number of hydrogen-bond acceptors (Lipinski definition) is 6. The Hall–Kier alpha value is -2.47. The van der Waals surface area contributed by atoms with Gasteiger partial charge in [0.05, 0.1) is 17.8 Å². The van der Waals surface area contributed by atoms with Crippen LogP contribution in [0.15, 0.2) is 53.4 Å². The van der Waals surface area contributed by atoms with E-state index in [2.05, 4.69) is 10.0 Å². The molecule has 0 fully saturated rings.